The third kappa shape index (κ3) is 4.53. The Morgan fingerprint density at radius 1 is 1.47 bits per heavy atom. The molecule has 0 radical (unpaired) electrons. The molecule has 0 saturated carbocycles. The Labute approximate surface area is 103 Å². The Morgan fingerprint density at radius 3 is 2.59 bits per heavy atom. The highest BCUT2D eigenvalue weighted by molar-refractivity contribution is 8.32. The van der Waals surface area contributed by atoms with Crippen molar-refractivity contribution in [2.24, 2.45) is 5.92 Å². The number of amides is 1. The summed E-state index contributed by atoms with van der Waals surface area (Å²) in [5.41, 5.74) is 0. The van der Waals surface area contributed by atoms with Gasteiger partial charge in [-0.25, -0.2) is 19.2 Å². The highest BCUT2D eigenvalue weighted by atomic mass is 32.3. The Morgan fingerprint density at radius 2 is 2.12 bits per heavy atom. The second-order valence-electron chi connectivity index (χ2n) is 5.13. The minimum atomic E-state index is -1.26. The van der Waals surface area contributed by atoms with Gasteiger partial charge in [0.1, 0.15) is 19.1 Å². The largest absolute Gasteiger partial charge is 0.449 e. The van der Waals surface area contributed by atoms with Gasteiger partial charge in [-0.05, 0) is 18.8 Å². The molecule has 0 aromatic carbocycles. The van der Waals surface area contributed by atoms with Crippen molar-refractivity contribution in [1.82, 2.24) is 4.90 Å². The van der Waals surface area contributed by atoms with Crippen molar-refractivity contribution in [3.8, 4) is 0 Å². The van der Waals surface area contributed by atoms with E-state index in [4.69, 9.17) is 4.74 Å². The molecular weight excluding hydrogens is 245 g/mol. The predicted octanol–water partition coefficient (Wildman–Crippen LogP) is 1.29. The van der Waals surface area contributed by atoms with Crippen molar-refractivity contribution in [2.45, 2.75) is 6.17 Å². The van der Waals surface area contributed by atoms with Crippen LogP contribution in [-0.2, 0) is 9.53 Å². The fourth-order valence-electron chi connectivity index (χ4n) is 1.54. The minimum absolute atomic E-state index is 0.0371. The van der Waals surface area contributed by atoms with Crippen molar-refractivity contribution in [1.29, 1.82) is 0 Å². The lowest BCUT2D eigenvalue weighted by molar-refractivity contribution is -0.111. The third-order valence-electron chi connectivity index (χ3n) is 2.64. The topological polar surface area (TPSA) is 46.6 Å². The quantitative estimate of drug-likeness (QED) is 0.720. The maximum Gasteiger partial charge on any atom is 0.409 e. The summed E-state index contributed by atoms with van der Waals surface area (Å²) in [6, 6.07) is 0. The molecule has 2 atom stereocenters. The smallest absolute Gasteiger partial charge is 0.409 e. The van der Waals surface area contributed by atoms with E-state index in [0.29, 0.717) is 12.9 Å². The van der Waals surface area contributed by atoms with Crippen LogP contribution in [-0.4, -0.2) is 67.7 Å². The average Bonchev–Trinajstić information content (AvgIpc) is 2.57. The van der Waals surface area contributed by atoms with Crippen LogP contribution >= 0.6 is 10.0 Å². The molecule has 1 saturated heterocycles. The number of rotatable bonds is 4. The first kappa shape index (κ1) is 14.3. The van der Waals surface area contributed by atoms with Crippen LogP contribution in [0.15, 0.2) is 0 Å². The van der Waals surface area contributed by atoms with Gasteiger partial charge in [-0.1, -0.05) is 0 Å². The molecule has 1 aliphatic rings. The molecule has 0 unspecified atom stereocenters. The fourth-order valence-corrected chi connectivity index (χ4v) is 2.12. The van der Waals surface area contributed by atoms with Gasteiger partial charge < -0.3 is 14.4 Å². The molecule has 6 heteroatoms. The summed E-state index contributed by atoms with van der Waals surface area (Å²) in [5.74, 6) is 0.138. The molecule has 100 valence electrons. The second-order valence-corrected chi connectivity index (χ2v) is 9.72. The van der Waals surface area contributed by atoms with Crippen molar-refractivity contribution in [3.63, 3.8) is 0 Å². The molecule has 0 N–H and O–H groups in total. The zero-order chi connectivity index (χ0) is 13.1. The van der Waals surface area contributed by atoms with Crippen LogP contribution in [0.2, 0.25) is 0 Å². The molecule has 1 amide bonds. The lowest BCUT2D eigenvalue weighted by Gasteiger charge is -2.25. The number of likely N-dealkylation sites (tertiary alicyclic amines) is 1. The summed E-state index contributed by atoms with van der Waals surface area (Å²) >= 11 is 0. The van der Waals surface area contributed by atoms with E-state index in [1.165, 1.54) is 4.90 Å². The summed E-state index contributed by atoms with van der Waals surface area (Å²) in [7, 11) is -0.696. The standard InChI is InChI=1S/C11H20FNO3S/c1-17(2,3)5-4-16-11(15)13-6-9(8-14)10(12)7-13/h8-10H,4-7H2,1-3H3/t9-,10-/m0/s1. The fraction of sp³-hybridized carbons (Fsp3) is 0.818. The van der Waals surface area contributed by atoms with E-state index in [9.17, 15) is 14.0 Å². The maximum atomic E-state index is 13.2. The number of hydrogen-bond acceptors (Lipinski definition) is 3. The molecule has 1 heterocycles. The van der Waals surface area contributed by atoms with Gasteiger partial charge >= 0.3 is 6.09 Å². The van der Waals surface area contributed by atoms with Crippen LogP contribution < -0.4 is 0 Å². The molecule has 0 spiro atoms. The number of carbonyl (C=O) groups is 2. The van der Waals surface area contributed by atoms with Crippen LogP contribution in [0.5, 0.6) is 0 Å². The number of aldehydes is 1. The maximum absolute atomic E-state index is 13.2. The van der Waals surface area contributed by atoms with E-state index in [1.807, 2.05) is 0 Å². The van der Waals surface area contributed by atoms with Crippen LogP contribution in [0.4, 0.5) is 9.18 Å². The molecule has 17 heavy (non-hydrogen) atoms. The Hall–Kier alpha value is -0.780. The Bertz CT molecular complexity index is 293. The molecule has 1 rings (SSSR count). The summed E-state index contributed by atoms with van der Waals surface area (Å²) < 4.78 is 18.3. The monoisotopic (exact) mass is 265 g/mol. The molecule has 1 fully saturated rings. The predicted molar refractivity (Wildman–Crippen MR) is 67.6 cm³/mol. The average molecular weight is 265 g/mol. The lowest BCUT2D eigenvalue weighted by Crippen LogP contribution is -2.31. The van der Waals surface area contributed by atoms with Crippen molar-refractivity contribution in [3.05, 3.63) is 0 Å². The van der Waals surface area contributed by atoms with Gasteiger partial charge in [0.2, 0.25) is 0 Å². The molecule has 0 aliphatic carbocycles. The summed E-state index contributed by atoms with van der Waals surface area (Å²) in [6.07, 6.45) is 5.20. The van der Waals surface area contributed by atoms with Crippen LogP contribution in [0.25, 0.3) is 0 Å². The first-order chi connectivity index (χ1) is 7.83. The summed E-state index contributed by atoms with van der Waals surface area (Å²) in [5, 5.41) is 0. The minimum Gasteiger partial charge on any atom is -0.449 e. The van der Waals surface area contributed by atoms with Gasteiger partial charge in [-0.3, -0.25) is 0 Å². The Balaban J connectivity index is 2.32. The molecule has 1 aliphatic heterocycles. The SMILES string of the molecule is CS(C)(C)CCOC(=O)N1C[C@@H](C=O)[C@@H](F)C1. The van der Waals surface area contributed by atoms with Crippen molar-refractivity contribution >= 4 is 22.4 Å². The van der Waals surface area contributed by atoms with Crippen LogP contribution in [0, 0.1) is 5.92 Å². The normalized spacial score (nSPS) is 25.8. The molecule has 4 nitrogen and oxygen atoms in total. The zero-order valence-corrected chi connectivity index (χ0v) is 11.3. The molecule has 0 bridgehead atoms. The molecule has 0 aromatic rings. The van der Waals surface area contributed by atoms with Crippen molar-refractivity contribution in [2.75, 3.05) is 44.2 Å². The van der Waals surface area contributed by atoms with Gasteiger partial charge in [0.15, 0.2) is 0 Å². The zero-order valence-electron chi connectivity index (χ0n) is 10.5. The number of hydrogen-bond donors (Lipinski definition) is 0. The van der Waals surface area contributed by atoms with Gasteiger partial charge in [-0.2, -0.15) is 0 Å². The number of halogens is 1. The number of ether oxygens (including phenoxy) is 1. The first-order valence-corrected chi connectivity index (χ1v) is 8.53. The Kier molecular flexibility index (Phi) is 4.80. The van der Waals surface area contributed by atoms with Gasteiger partial charge in [-0.15, -0.1) is 0 Å². The van der Waals surface area contributed by atoms with E-state index >= 15 is 0 Å². The lowest BCUT2D eigenvalue weighted by atomic mass is 10.1. The number of nitrogens with zero attached hydrogens (tertiary/aromatic N) is 1. The highest BCUT2D eigenvalue weighted by Crippen LogP contribution is 2.33. The van der Waals surface area contributed by atoms with E-state index in [2.05, 4.69) is 18.8 Å². The number of alkyl halides is 1. The number of carbonyl (C=O) groups excluding carboxylic acids is 2. The van der Waals surface area contributed by atoms with E-state index in [0.717, 1.165) is 5.75 Å². The second kappa shape index (κ2) is 5.71. The van der Waals surface area contributed by atoms with Gasteiger partial charge in [0.25, 0.3) is 0 Å². The summed E-state index contributed by atoms with van der Waals surface area (Å²) in [6.45, 7) is 0.452. The van der Waals surface area contributed by atoms with Crippen molar-refractivity contribution < 1.29 is 18.7 Å². The highest BCUT2D eigenvalue weighted by Gasteiger charge is 2.35. The summed E-state index contributed by atoms with van der Waals surface area (Å²) in [4.78, 5) is 23.3. The molecule has 0 aromatic heterocycles. The van der Waals surface area contributed by atoms with E-state index < -0.39 is 28.2 Å². The van der Waals surface area contributed by atoms with Crippen LogP contribution in [0.1, 0.15) is 0 Å². The van der Waals surface area contributed by atoms with E-state index in [1.54, 1.807) is 0 Å². The first-order valence-electron chi connectivity index (χ1n) is 5.50. The van der Waals surface area contributed by atoms with Crippen LogP contribution in [0.3, 0.4) is 0 Å². The van der Waals surface area contributed by atoms with E-state index in [-0.39, 0.29) is 13.1 Å². The van der Waals surface area contributed by atoms with Gasteiger partial charge in [0, 0.05) is 12.3 Å². The van der Waals surface area contributed by atoms with Gasteiger partial charge in [0.05, 0.1) is 12.5 Å². The third-order valence-corrected chi connectivity index (χ3v) is 4.04. The molecular formula is C11H20FNO3S.